The number of piperidine rings is 1. The van der Waals surface area contributed by atoms with Crippen LogP contribution in [0, 0.1) is 0 Å². The summed E-state index contributed by atoms with van der Waals surface area (Å²) in [5.74, 6) is 1.54. The Balaban J connectivity index is 0.000000847. The van der Waals surface area contributed by atoms with Crippen molar-refractivity contribution in [3.05, 3.63) is 42.5 Å². The lowest BCUT2D eigenvalue weighted by atomic mass is 10.0. The smallest absolute Gasteiger partial charge is 0.338 e. The lowest BCUT2D eigenvalue weighted by molar-refractivity contribution is -0.145. The molecule has 4 heteroatoms. The van der Waals surface area contributed by atoms with Crippen molar-refractivity contribution in [1.29, 1.82) is 0 Å². The first kappa shape index (κ1) is 17.2. The highest BCUT2D eigenvalue weighted by molar-refractivity contribution is 9.08. The molecule has 0 aromatic heterocycles. The molecule has 0 radical (unpaired) electrons. The molecular weight excluding hydrogens is 342 g/mol. The first-order valence-corrected chi connectivity index (χ1v) is 9.29. The van der Waals surface area contributed by atoms with Gasteiger partial charge in [-0.1, -0.05) is 52.8 Å². The van der Waals surface area contributed by atoms with E-state index in [1.54, 1.807) is 0 Å². The van der Waals surface area contributed by atoms with Crippen molar-refractivity contribution in [3.63, 3.8) is 0 Å². The van der Waals surface area contributed by atoms with E-state index in [2.05, 4.69) is 34.5 Å². The topological polar surface area (TPSA) is 29.5 Å². The number of hydrogen-bond acceptors (Lipinski definition) is 3. The Morgan fingerprint density at radius 2 is 1.73 bits per heavy atom. The summed E-state index contributed by atoms with van der Waals surface area (Å²) >= 11 is 2.94. The number of benzene rings is 1. The number of hydrogen-bond donors (Lipinski definition) is 0. The molecule has 0 aliphatic carbocycles. The van der Waals surface area contributed by atoms with Gasteiger partial charge in [0.15, 0.2) is 0 Å². The highest BCUT2D eigenvalue weighted by Crippen LogP contribution is 2.35. The van der Waals surface area contributed by atoms with Gasteiger partial charge in [0.1, 0.15) is 6.10 Å². The van der Waals surface area contributed by atoms with Gasteiger partial charge in [-0.15, -0.1) is 0 Å². The van der Waals surface area contributed by atoms with E-state index in [1.807, 2.05) is 36.2 Å². The Kier molecular flexibility index (Phi) is 6.21. The van der Waals surface area contributed by atoms with Crippen LogP contribution in [0.4, 0.5) is 0 Å². The Hall–Kier alpha value is -1.13. The zero-order valence-corrected chi connectivity index (χ0v) is 14.9. The number of esters is 1. The SMILES string of the molecule is C=C(C(=O)OC1C[C@H]2CC[C@@H](C1)N2C)c1ccccc1.CBr. The minimum absolute atomic E-state index is 0.0525. The second kappa shape index (κ2) is 7.93. The molecule has 0 amide bonds. The molecule has 2 saturated heterocycles. The molecule has 2 bridgehead atoms. The third kappa shape index (κ3) is 3.79. The number of carbonyl (C=O) groups is 1. The van der Waals surface area contributed by atoms with Crippen molar-refractivity contribution < 1.29 is 9.53 Å². The number of halogens is 1. The minimum atomic E-state index is -0.273. The predicted octanol–water partition coefficient (Wildman–Crippen LogP) is 3.88. The summed E-state index contributed by atoms with van der Waals surface area (Å²) in [6, 6.07) is 10.7. The van der Waals surface area contributed by atoms with Gasteiger partial charge in [-0.05, 0) is 31.3 Å². The van der Waals surface area contributed by atoms with Gasteiger partial charge in [0.2, 0.25) is 0 Å². The van der Waals surface area contributed by atoms with Crippen LogP contribution in [-0.2, 0) is 9.53 Å². The summed E-state index contributed by atoms with van der Waals surface area (Å²) in [6.07, 6.45) is 4.43. The van der Waals surface area contributed by atoms with E-state index in [4.69, 9.17) is 4.74 Å². The maximum absolute atomic E-state index is 12.2. The summed E-state index contributed by atoms with van der Waals surface area (Å²) in [5, 5.41) is 0. The molecule has 3 rings (SSSR count). The van der Waals surface area contributed by atoms with Crippen LogP contribution >= 0.6 is 15.9 Å². The molecule has 2 aliphatic rings. The van der Waals surface area contributed by atoms with Crippen LogP contribution in [0.15, 0.2) is 36.9 Å². The average Bonchev–Trinajstić information content (AvgIpc) is 2.78. The molecule has 1 aromatic rings. The van der Waals surface area contributed by atoms with Gasteiger partial charge in [-0.2, -0.15) is 0 Å². The molecule has 1 aromatic carbocycles. The molecule has 1 unspecified atom stereocenters. The van der Waals surface area contributed by atoms with E-state index in [0.717, 1.165) is 18.4 Å². The number of alkyl halides is 1. The molecule has 3 nitrogen and oxygen atoms in total. The van der Waals surface area contributed by atoms with Crippen LogP contribution in [-0.4, -0.2) is 41.9 Å². The molecule has 120 valence electrons. The second-order valence-corrected chi connectivity index (χ2v) is 5.89. The van der Waals surface area contributed by atoms with Gasteiger partial charge in [0.25, 0.3) is 0 Å². The fourth-order valence-corrected chi connectivity index (χ4v) is 3.44. The van der Waals surface area contributed by atoms with Crippen LogP contribution in [0.2, 0.25) is 0 Å². The Morgan fingerprint density at radius 3 is 2.27 bits per heavy atom. The number of carbonyl (C=O) groups excluding carboxylic acids is 1. The summed E-state index contributed by atoms with van der Waals surface area (Å²) in [4.78, 5) is 14.6. The Labute approximate surface area is 141 Å². The molecule has 0 spiro atoms. The fraction of sp³-hybridized carbons (Fsp3) is 0.500. The molecule has 2 heterocycles. The molecule has 22 heavy (non-hydrogen) atoms. The number of nitrogens with zero attached hydrogens (tertiary/aromatic N) is 1. The van der Waals surface area contributed by atoms with E-state index in [0.29, 0.717) is 17.7 Å². The van der Waals surface area contributed by atoms with Crippen molar-refractivity contribution in [2.75, 3.05) is 12.9 Å². The van der Waals surface area contributed by atoms with Crippen LogP contribution in [0.25, 0.3) is 5.57 Å². The van der Waals surface area contributed by atoms with Crippen molar-refractivity contribution in [2.24, 2.45) is 0 Å². The summed E-state index contributed by atoms with van der Waals surface area (Å²) in [6.45, 7) is 3.87. The van der Waals surface area contributed by atoms with Crippen LogP contribution < -0.4 is 0 Å². The average molecular weight is 366 g/mol. The third-order valence-corrected chi connectivity index (χ3v) is 4.70. The van der Waals surface area contributed by atoms with Crippen LogP contribution in [0.5, 0.6) is 0 Å². The molecular formula is C18H24BrNO2. The normalized spacial score (nSPS) is 26.8. The maximum Gasteiger partial charge on any atom is 0.338 e. The highest BCUT2D eigenvalue weighted by atomic mass is 79.9. The van der Waals surface area contributed by atoms with E-state index >= 15 is 0 Å². The standard InChI is InChI=1S/C17H21NO2.CH3Br/c1-12(13-6-4-3-5-7-13)17(19)20-16-10-14-8-9-15(11-16)18(14)2;1-2/h3-7,14-16H,1,8-11H2,2H3;1H3/t14-,15+,16?;. The van der Waals surface area contributed by atoms with Gasteiger partial charge in [-0.25, -0.2) is 4.79 Å². The summed E-state index contributed by atoms with van der Waals surface area (Å²) in [5.41, 5.74) is 1.30. The molecule has 2 aliphatic heterocycles. The highest BCUT2D eigenvalue weighted by Gasteiger charge is 2.39. The van der Waals surface area contributed by atoms with Crippen LogP contribution in [0.1, 0.15) is 31.2 Å². The maximum atomic E-state index is 12.2. The number of fused-ring (bicyclic) bond motifs is 2. The largest absolute Gasteiger partial charge is 0.459 e. The van der Waals surface area contributed by atoms with Crippen molar-refractivity contribution in [2.45, 2.75) is 43.9 Å². The van der Waals surface area contributed by atoms with Gasteiger partial charge < -0.3 is 9.64 Å². The molecule has 0 N–H and O–H groups in total. The Morgan fingerprint density at radius 1 is 1.18 bits per heavy atom. The van der Waals surface area contributed by atoms with Crippen molar-refractivity contribution in [3.8, 4) is 0 Å². The predicted molar refractivity (Wildman–Crippen MR) is 94.0 cm³/mol. The zero-order valence-electron chi connectivity index (χ0n) is 13.3. The van der Waals surface area contributed by atoms with E-state index < -0.39 is 0 Å². The summed E-state index contributed by atoms with van der Waals surface area (Å²) in [7, 11) is 2.18. The quantitative estimate of drug-likeness (QED) is 0.462. The minimum Gasteiger partial charge on any atom is -0.459 e. The summed E-state index contributed by atoms with van der Waals surface area (Å²) < 4.78 is 5.67. The molecule has 2 fully saturated rings. The van der Waals surface area contributed by atoms with Crippen molar-refractivity contribution in [1.82, 2.24) is 4.90 Å². The number of ether oxygens (including phenoxy) is 1. The second-order valence-electron chi connectivity index (χ2n) is 5.89. The molecule has 3 atom stereocenters. The van der Waals surface area contributed by atoms with Gasteiger partial charge >= 0.3 is 5.97 Å². The van der Waals surface area contributed by atoms with Crippen LogP contribution in [0.3, 0.4) is 0 Å². The first-order chi connectivity index (χ1) is 10.6. The fourth-order valence-electron chi connectivity index (χ4n) is 3.44. The van der Waals surface area contributed by atoms with Gasteiger partial charge in [0.05, 0.1) is 5.57 Å². The van der Waals surface area contributed by atoms with Gasteiger partial charge in [0, 0.05) is 24.9 Å². The van der Waals surface area contributed by atoms with E-state index in [9.17, 15) is 4.79 Å². The lowest BCUT2D eigenvalue weighted by Gasteiger charge is -2.35. The Bertz CT molecular complexity index is 503. The number of rotatable bonds is 3. The lowest BCUT2D eigenvalue weighted by Crippen LogP contribution is -2.43. The zero-order chi connectivity index (χ0) is 16.1. The molecule has 0 saturated carbocycles. The van der Waals surface area contributed by atoms with Gasteiger partial charge in [-0.3, -0.25) is 0 Å². The monoisotopic (exact) mass is 365 g/mol. The third-order valence-electron chi connectivity index (χ3n) is 4.70. The van der Waals surface area contributed by atoms with E-state index in [-0.39, 0.29) is 12.1 Å². The first-order valence-electron chi connectivity index (χ1n) is 7.70. The van der Waals surface area contributed by atoms with Crippen molar-refractivity contribution >= 4 is 27.5 Å². The van der Waals surface area contributed by atoms with E-state index in [1.165, 1.54) is 12.8 Å².